The number of ether oxygens (including phenoxy) is 1. The average molecular weight is 387 g/mol. The quantitative estimate of drug-likeness (QED) is 0.851. The van der Waals surface area contributed by atoms with Crippen LogP contribution in [0.2, 0.25) is 4.34 Å². The highest BCUT2D eigenvalue weighted by Gasteiger charge is 2.29. The van der Waals surface area contributed by atoms with Gasteiger partial charge in [0.1, 0.15) is 5.75 Å². The first-order chi connectivity index (χ1) is 11.4. The third kappa shape index (κ3) is 3.56. The zero-order chi connectivity index (χ0) is 17.3. The Bertz CT molecular complexity index is 862. The molecule has 24 heavy (non-hydrogen) atoms. The summed E-state index contributed by atoms with van der Waals surface area (Å²) < 4.78 is 32.8. The van der Waals surface area contributed by atoms with Gasteiger partial charge in [0.25, 0.3) is 5.91 Å². The van der Waals surface area contributed by atoms with E-state index in [4.69, 9.17) is 22.1 Å². The first kappa shape index (κ1) is 17.2. The second-order valence-corrected chi connectivity index (χ2v) is 9.02. The summed E-state index contributed by atoms with van der Waals surface area (Å²) in [6.45, 7) is 0.493. The zero-order valence-electron chi connectivity index (χ0n) is 12.6. The fraction of sp³-hybridized carbons (Fsp3) is 0.267. The molecule has 0 radical (unpaired) electrons. The van der Waals surface area contributed by atoms with Gasteiger partial charge in [0, 0.05) is 18.0 Å². The number of hydrogen-bond donors (Lipinski definition) is 1. The van der Waals surface area contributed by atoms with Crippen molar-refractivity contribution in [3.05, 3.63) is 45.1 Å². The number of carbonyl (C=O) groups excluding carboxylic acids is 1. The third-order valence-corrected chi connectivity index (χ3v) is 6.87. The molecule has 0 bridgehead atoms. The SMILES string of the molecule is NC(=O)COc1ccc(S(=O)(=O)N2CCc3sc(Cl)cc3C2)cc1. The van der Waals surface area contributed by atoms with E-state index in [0.717, 1.165) is 10.4 Å². The van der Waals surface area contributed by atoms with Crippen molar-refractivity contribution in [1.82, 2.24) is 4.31 Å². The van der Waals surface area contributed by atoms with E-state index >= 15 is 0 Å². The number of amides is 1. The van der Waals surface area contributed by atoms with Gasteiger partial charge in [-0.1, -0.05) is 11.6 Å². The molecule has 6 nitrogen and oxygen atoms in total. The zero-order valence-corrected chi connectivity index (χ0v) is 15.0. The average Bonchev–Trinajstić information content (AvgIpc) is 2.92. The Balaban J connectivity index is 1.77. The number of hydrogen-bond acceptors (Lipinski definition) is 5. The molecule has 3 rings (SSSR count). The summed E-state index contributed by atoms with van der Waals surface area (Å²) in [6.07, 6.45) is 0.658. The molecule has 1 aromatic carbocycles. The monoisotopic (exact) mass is 386 g/mol. The second kappa shape index (κ2) is 6.72. The lowest BCUT2D eigenvalue weighted by Gasteiger charge is -2.26. The third-order valence-electron chi connectivity index (χ3n) is 3.64. The van der Waals surface area contributed by atoms with Crippen LogP contribution in [-0.4, -0.2) is 31.8 Å². The normalized spacial score (nSPS) is 15.0. The predicted molar refractivity (Wildman–Crippen MR) is 91.8 cm³/mol. The fourth-order valence-electron chi connectivity index (χ4n) is 2.49. The van der Waals surface area contributed by atoms with E-state index in [1.807, 2.05) is 6.07 Å². The van der Waals surface area contributed by atoms with Crippen LogP contribution in [0, 0.1) is 0 Å². The molecule has 1 aromatic heterocycles. The molecule has 128 valence electrons. The molecule has 1 aliphatic rings. The number of thiophene rings is 1. The maximum absolute atomic E-state index is 12.8. The Morgan fingerprint density at radius 1 is 1.33 bits per heavy atom. The van der Waals surface area contributed by atoms with Gasteiger partial charge in [-0.15, -0.1) is 11.3 Å². The molecule has 0 aliphatic carbocycles. The van der Waals surface area contributed by atoms with Crippen LogP contribution in [0.15, 0.2) is 35.2 Å². The van der Waals surface area contributed by atoms with Crippen molar-refractivity contribution in [1.29, 1.82) is 0 Å². The van der Waals surface area contributed by atoms with Gasteiger partial charge in [-0.25, -0.2) is 8.42 Å². The molecule has 0 fully saturated rings. The molecule has 2 heterocycles. The highest BCUT2D eigenvalue weighted by Crippen LogP contribution is 2.33. The molecule has 2 aromatic rings. The summed E-state index contributed by atoms with van der Waals surface area (Å²) in [6, 6.07) is 7.76. The molecular formula is C15H15ClN2O4S2. The van der Waals surface area contributed by atoms with Crippen molar-refractivity contribution in [3.63, 3.8) is 0 Å². The minimum atomic E-state index is -3.60. The molecule has 1 aliphatic heterocycles. The van der Waals surface area contributed by atoms with Gasteiger partial charge >= 0.3 is 0 Å². The molecule has 0 saturated heterocycles. The number of fused-ring (bicyclic) bond motifs is 1. The summed E-state index contributed by atoms with van der Waals surface area (Å²) in [5.41, 5.74) is 5.96. The highest BCUT2D eigenvalue weighted by atomic mass is 35.5. The van der Waals surface area contributed by atoms with E-state index in [0.29, 0.717) is 29.6 Å². The minimum Gasteiger partial charge on any atom is -0.484 e. The maximum Gasteiger partial charge on any atom is 0.255 e. The van der Waals surface area contributed by atoms with Crippen LogP contribution in [0.4, 0.5) is 0 Å². The molecule has 0 saturated carbocycles. The molecule has 2 N–H and O–H groups in total. The van der Waals surface area contributed by atoms with Gasteiger partial charge < -0.3 is 10.5 Å². The molecule has 0 unspecified atom stereocenters. The minimum absolute atomic E-state index is 0.179. The number of benzene rings is 1. The van der Waals surface area contributed by atoms with Crippen molar-refractivity contribution < 1.29 is 17.9 Å². The molecule has 0 spiro atoms. The van der Waals surface area contributed by atoms with Gasteiger partial charge in [-0.3, -0.25) is 4.79 Å². The van der Waals surface area contributed by atoms with Gasteiger partial charge in [-0.2, -0.15) is 4.31 Å². The van der Waals surface area contributed by atoms with E-state index in [1.165, 1.54) is 39.9 Å². The van der Waals surface area contributed by atoms with Crippen LogP contribution in [0.25, 0.3) is 0 Å². The maximum atomic E-state index is 12.8. The van der Waals surface area contributed by atoms with Crippen LogP contribution in [0.3, 0.4) is 0 Å². The number of nitrogens with two attached hydrogens (primary N) is 1. The van der Waals surface area contributed by atoms with Crippen molar-refractivity contribution in [2.24, 2.45) is 5.73 Å². The summed E-state index contributed by atoms with van der Waals surface area (Å²) in [5.74, 6) is -0.205. The number of primary amides is 1. The van der Waals surface area contributed by atoms with Crippen LogP contribution in [0.5, 0.6) is 5.75 Å². The van der Waals surface area contributed by atoms with E-state index in [1.54, 1.807) is 0 Å². The Hall–Kier alpha value is -1.61. The largest absolute Gasteiger partial charge is 0.484 e. The van der Waals surface area contributed by atoms with Gasteiger partial charge in [-0.05, 0) is 42.3 Å². The Labute approximate surface area is 148 Å². The Kier molecular flexibility index (Phi) is 4.82. The lowest BCUT2D eigenvalue weighted by molar-refractivity contribution is -0.119. The lowest BCUT2D eigenvalue weighted by atomic mass is 10.1. The van der Waals surface area contributed by atoms with E-state index < -0.39 is 15.9 Å². The van der Waals surface area contributed by atoms with Crippen molar-refractivity contribution in [3.8, 4) is 5.75 Å². The second-order valence-electron chi connectivity index (χ2n) is 5.31. The highest BCUT2D eigenvalue weighted by molar-refractivity contribution is 7.89. The fourth-order valence-corrected chi connectivity index (χ4v) is 5.20. The lowest BCUT2D eigenvalue weighted by Crippen LogP contribution is -2.35. The van der Waals surface area contributed by atoms with Crippen LogP contribution in [0.1, 0.15) is 10.4 Å². The van der Waals surface area contributed by atoms with Gasteiger partial charge in [0.15, 0.2) is 6.61 Å². The van der Waals surface area contributed by atoms with Crippen LogP contribution >= 0.6 is 22.9 Å². The van der Waals surface area contributed by atoms with Crippen molar-refractivity contribution >= 4 is 38.9 Å². The Morgan fingerprint density at radius 3 is 2.71 bits per heavy atom. The van der Waals surface area contributed by atoms with Gasteiger partial charge in [0.05, 0.1) is 9.23 Å². The topological polar surface area (TPSA) is 89.7 Å². The summed E-state index contributed by atoms with van der Waals surface area (Å²) in [7, 11) is -3.60. The molecular weight excluding hydrogens is 372 g/mol. The smallest absolute Gasteiger partial charge is 0.255 e. The van der Waals surface area contributed by atoms with Gasteiger partial charge in [0.2, 0.25) is 10.0 Å². The standard InChI is InChI=1S/C15H15ClN2O4S2/c16-14-7-10-8-18(6-5-13(10)23-14)24(20,21)12-3-1-11(2-4-12)22-9-15(17)19/h1-4,7H,5-6,8-9H2,(H2,17,19). The van der Waals surface area contributed by atoms with Crippen molar-refractivity contribution in [2.75, 3.05) is 13.2 Å². The number of carbonyl (C=O) groups is 1. The van der Waals surface area contributed by atoms with E-state index in [9.17, 15) is 13.2 Å². The summed E-state index contributed by atoms with van der Waals surface area (Å²) >= 11 is 7.50. The molecule has 0 atom stereocenters. The summed E-state index contributed by atoms with van der Waals surface area (Å²) in [4.78, 5) is 12.0. The van der Waals surface area contributed by atoms with Crippen molar-refractivity contribution in [2.45, 2.75) is 17.9 Å². The number of nitrogens with zero attached hydrogens (tertiary/aromatic N) is 1. The summed E-state index contributed by atoms with van der Waals surface area (Å²) in [5, 5.41) is 0. The first-order valence-corrected chi connectivity index (χ1v) is 9.78. The first-order valence-electron chi connectivity index (χ1n) is 7.14. The number of halogens is 1. The van der Waals surface area contributed by atoms with E-state index in [-0.39, 0.29) is 11.5 Å². The number of rotatable bonds is 5. The number of sulfonamides is 1. The van der Waals surface area contributed by atoms with Crippen LogP contribution in [-0.2, 0) is 27.8 Å². The van der Waals surface area contributed by atoms with Crippen LogP contribution < -0.4 is 10.5 Å². The molecule has 1 amide bonds. The van der Waals surface area contributed by atoms with E-state index in [2.05, 4.69) is 0 Å². The Morgan fingerprint density at radius 2 is 2.04 bits per heavy atom. The molecule has 9 heteroatoms. The predicted octanol–water partition coefficient (Wildman–Crippen LogP) is 2.01.